The van der Waals surface area contributed by atoms with Crippen molar-refractivity contribution in [3.05, 3.63) is 64.2 Å². The van der Waals surface area contributed by atoms with E-state index in [1.807, 2.05) is 13.8 Å². The number of benzene rings is 2. The Morgan fingerprint density at radius 2 is 1.84 bits per heavy atom. The summed E-state index contributed by atoms with van der Waals surface area (Å²) in [6.07, 6.45) is 0. The number of hydrogen-bond acceptors (Lipinski definition) is 7. The minimum atomic E-state index is -1.06. The summed E-state index contributed by atoms with van der Waals surface area (Å²) in [7, 11) is 0.243. The Morgan fingerprint density at radius 3 is 2.47 bits per heavy atom. The smallest absolute Gasteiger partial charge is 0.465 e. The van der Waals surface area contributed by atoms with Crippen molar-refractivity contribution < 1.29 is 33.5 Å². The van der Waals surface area contributed by atoms with E-state index in [0.29, 0.717) is 34.3 Å². The van der Waals surface area contributed by atoms with Crippen LogP contribution in [0.1, 0.15) is 51.3 Å². The van der Waals surface area contributed by atoms with Gasteiger partial charge in [-0.2, -0.15) is 0 Å². The zero-order valence-corrected chi connectivity index (χ0v) is 18.5. The molecule has 0 aliphatic carbocycles. The summed E-state index contributed by atoms with van der Waals surface area (Å²) in [5.41, 5.74) is 3.51. The number of fused-ring (bicyclic) bond motifs is 1. The van der Waals surface area contributed by atoms with Crippen LogP contribution in [0, 0.1) is 12.8 Å². The van der Waals surface area contributed by atoms with Crippen molar-refractivity contribution in [2.45, 2.75) is 40.0 Å². The maximum Gasteiger partial charge on any atom is 0.492 e. The lowest BCUT2D eigenvalue weighted by molar-refractivity contribution is -0.148. The van der Waals surface area contributed by atoms with Crippen LogP contribution in [0.3, 0.4) is 0 Å². The van der Waals surface area contributed by atoms with Crippen LogP contribution in [-0.2, 0) is 32.1 Å². The van der Waals surface area contributed by atoms with E-state index in [9.17, 15) is 19.4 Å². The Kier molecular flexibility index (Phi) is 7.32. The molecule has 0 spiro atoms. The maximum atomic E-state index is 12.9. The van der Waals surface area contributed by atoms with Crippen LogP contribution in [0.5, 0.6) is 0 Å². The van der Waals surface area contributed by atoms with Crippen molar-refractivity contribution in [3.63, 3.8) is 0 Å². The van der Waals surface area contributed by atoms with Gasteiger partial charge in [0.25, 0.3) is 5.91 Å². The van der Waals surface area contributed by atoms with Crippen LogP contribution in [0.4, 0.5) is 0 Å². The topological polar surface area (TPSA) is 111 Å². The van der Waals surface area contributed by atoms with Gasteiger partial charge in [-0.3, -0.25) is 4.79 Å². The molecule has 8 nitrogen and oxygen atoms in total. The van der Waals surface area contributed by atoms with Crippen LogP contribution in [0.15, 0.2) is 36.4 Å². The van der Waals surface area contributed by atoms with Gasteiger partial charge < -0.3 is 24.5 Å². The van der Waals surface area contributed by atoms with Crippen LogP contribution in [0.2, 0.25) is 0 Å². The molecule has 0 bridgehead atoms. The molecule has 1 atom stereocenters. The molecule has 0 unspecified atom stereocenters. The first kappa shape index (κ1) is 23.5. The lowest BCUT2D eigenvalue weighted by Crippen LogP contribution is -2.46. The van der Waals surface area contributed by atoms with Crippen LogP contribution in [0.25, 0.3) is 0 Å². The Morgan fingerprint density at radius 1 is 1.16 bits per heavy atom. The average Bonchev–Trinajstić information content (AvgIpc) is 3.17. The maximum absolute atomic E-state index is 12.9. The second-order valence-electron chi connectivity index (χ2n) is 7.97. The number of amides is 1. The van der Waals surface area contributed by atoms with E-state index in [0.717, 1.165) is 5.56 Å². The molecule has 1 aliphatic rings. The number of carbonyl (C=O) groups excluding carboxylic acids is 3. The number of esters is 2. The lowest BCUT2D eigenvalue weighted by Gasteiger charge is -2.22. The van der Waals surface area contributed by atoms with Gasteiger partial charge >= 0.3 is 19.1 Å². The number of rotatable bonds is 7. The quantitative estimate of drug-likeness (QED) is 0.497. The summed E-state index contributed by atoms with van der Waals surface area (Å²) in [5, 5.41) is 12.8. The van der Waals surface area contributed by atoms with E-state index >= 15 is 0 Å². The minimum absolute atomic E-state index is 0.000774. The van der Waals surface area contributed by atoms with E-state index in [-0.39, 0.29) is 12.5 Å². The van der Waals surface area contributed by atoms with Gasteiger partial charge in [0.05, 0.1) is 19.3 Å². The van der Waals surface area contributed by atoms with Crippen molar-refractivity contribution in [1.82, 2.24) is 5.32 Å². The molecular formula is C23H26BNO7. The molecule has 0 saturated heterocycles. The third-order valence-electron chi connectivity index (χ3n) is 5.46. The van der Waals surface area contributed by atoms with Crippen molar-refractivity contribution >= 4 is 30.4 Å². The zero-order chi connectivity index (χ0) is 23.4. The van der Waals surface area contributed by atoms with Crippen LogP contribution in [-0.4, -0.2) is 43.1 Å². The highest BCUT2D eigenvalue weighted by Crippen LogP contribution is 2.17. The minimum Gasteiger partial charge on any atom is -0.465 e. The number of carbonyl (C=O) groups is 3. The highest BCUT2D eigenvalue weighted by atomic mass is 16.5. The zero-order valence-electron chi connectivity index (χ0n) is 18.5. The lowest BCUT2D eigenvalue weighted by atomic mass is 9.75. The molecule has 1 amide bonds. The summed E-state index contributed by atoms with van der Waals surface area (Å²) in [6.45, 7) is 5.66. The summed E-state index contributed by atoms with van der Waals surface area (Å²) >= 11 is 0. The van der Waals surface area contributed by atoms with E-state index in [4.69, 9.17) is 9.39 Å². The highest BCUT2D eigenvalue weighted by Gasteiger charge is 2.32. The van der Waals surface area contributed by atoms with Gasteiger partial charge in [-0.1, -0.05) is 32.0 Å². The monoisotopic (exact) mass is 439 g/mol. The van der Waals surface area contributed by atoms with E-state index in [1.165, 1.54) is 7.11 Å². The van der Waals surface area contributed by atoms with E-state index < -0.39 is 31.0 Å². The summed E-state index contributed by atoms with van der Waals surface area (Å²) in [5.74, 6) is -1.65. The third kappa shape index (κ3) is 5.00. The largest absolute Gasteiger partial charge is 0.492 e. The fourth-order valence-electron chi connectivity index (χ4n) is 3.57. The number of hydrogen-bond donors (Lipinski definition) is 2. The van der Waals surface area contributed by atoms with Crippen molar-refractivity contribution in [1.29, 1.82) is 0 Å². The van der Waals surface area contributed by atoms with E-state index in [2.05, 4.69) is 10.1 Å². The van der Waals surface area contributed by atoms with Gasteiger partial charge in [-0.15, -0.1) is 0 Å². The van der Waals surface area contributed by atoms with Gasteiger partial charge in [0.15, 0.2) is 0 Å². The first-order chi connectivity index (χ1) is 15.2. The SMILES string of the molecule is COC(=O)c1ccc(COC(=O)[C@@H](NC(=O)c2ccc3c(c2C)B(O)OC3)C(C)C)cc1. The average molecular weight is 439 g/mol. The molecule has 2 aromatic carbocycles. The molecule has 168 valence electrons. The van der Waals surface area contributed by atoms with Crippen molar-refractivity contribution in [2.75, 3.05) is 7.11 Å². The first-order valence-electron chi connectivity index (χ1n) is 10.3. The molecule has 2 N–H and O–H groups in total. The molecule has 0 aromatic heterocycles. The second kappa shape index (κ2) is 9.97. The predicted octanol–water partition coefficient (Wildman–Crippen LogP) is 1.50. The van der Waals surface area contributed by atoms with Crippen molar-refractivity contribution in [3.8, 4) is 0 Å². The molecule has 0 fully saturated rings. The highest BCUT2D eigenvalue weighted by molar-refractivity contribution is 6.62. The van der Waals surface area contributed by atoms with Gasteiger partial charge in [0.1, 0.15) is 12.6 Å². The van der Waals surface area contributed by atoms with Crippen molar-refractivity contribution in [2.24, 2.45) is 5.92 Å². The molecule has 0 saturated carbocycles. The summed E-state index contributed by atoms with van der Waals surface area (Å²) < 4.78 is 15.3. The first-order valence-corrected chi connectivity index (χ1v) is 10.3. The van der Waals surface area contributed by atoms with Gasteiger partial charge in [-0.05, 0) is 53.2 Å². The van der Waals surface area contributed by atoms with Gasteiger partial charge in [-0.25, -0.2) is 9.59 Å². The summed E-state index contributed by atoms with van der Waals surface area (Å²) in [4.78, 5) is 37.1. The molecule has 32 heavy (non-hydrogen) atoms. The Bertz CT molecular complexity index is 1020. The Balaban J connectivity index is 1.66. The fourth-order valence-corrected chi connectivity index (χ4v) is 3.57. The molecule has 0 radical (unpaired) electrons. The Hall–Kier alpha value is -3.17. The molecule has 3 rings (SSSR count). The van der Waals surface area contributed by atoms with Gasteiger partial charge in [0, 0.05) is 5.56 Å². The molecule has 1 heterocycles. The predicted molar refractivity (Wildman–Crippen MR) is 117 cm³/mol. The fraction of sp³-hybridized carbons (Fsp3) is 0.348. The summed E-state index contributed by atoms with van der Waals surface area (Å²) in [6, 6.07) is 9.07. The molecule has 1 aliphatic heterocycles. The Labute approximate surface area is 187 Å². The molecule has 9 heteroatoms. The number of nitrogens with one attached hydrogen (secondary N) is 1. The van der Waals surface area contributed by atoms with Gasteiger partial charge in [0.2, 0.25) is 0 Å². The van der Waals surface area contributed by atoms with Crippen LogP contribution >= 0.6 is 0 Å². The standard InChI is InChI=1S/C23H26BNO7/c1-13(2)20(23(28)31-11-15-5-7-16(8-6-15)22(27)30-4)25-21(26)18-10-9-17-12-32-24(29)19(17)14(18)3/h5-10,13,20,29H,11-12H2,1-4H3,(H,25,26)/t20-/m0/s1. The molecular weight excluding hydrogens is 413 g/mol. The van der Waals surface area contributed by atoms with E-state index in [1.54, 1.807) is 43.3 Å². The third-order valence-corrected chi connectivity index (χ3v) is 5.46. The number of ether oxygens (including phenoxy) is 2. The normalized spacial score (nSPS) is 13.5. The van der Waals surface area contributed by atoms with Crippen LogP contribution < -0.4 is 10.8 Å². The second-order valence-corrected chi connectivity index (χ2v) is 7.97. The number of methoxy groups -OCH3 is 1. The molecule has 2 aromatic rings.